The molecule has 26 heavy (non-hydrogen) atoms. The molecule has 2 saturated heterocycles. The van der Waals surface area contributed by atoms with Gasteiger partial charge < -0.3 is 5.32 Å². The summed E-state index contributed by atoms with van der Waals surface area (Å²) < 4.78 is 1.93. The molecule has 2 aliphatic rings. The van der Waals surface area contributed by atoms with E-state index in [4.69, 9.17) is 4.98 Å². The molecule has 5 rings (SSSR count). The minimum absolute atomic E-state index is 0.502. The van der Waals surface area contributed by atoms with E-state index in [0.29, 0.717) is 5.41 Å². The predicted molar refractivity (Wildman–Crippen MR) is 103 cm³/mol. The fourth-order valence-electron chi connectivity index (χ4n) is 4.66. The fraction of sp³-hybridized carbons (Fsp3) is 0.429. The van der Waals surface area contributed by atoms with E-state index >= 15 is 0 Å². The first-order valence-electron chi connectivity index (χ1n) is 9.62. The Morgan fingerprint density at radius 2 is 2.04 bits per heavy atom. The van der Waals surface area contributed by atoms with Crippen LogP contribution in [0, 0.1) is 5.41 Å². The van der Waals surface area contributed by atoms with Crippen molar-refractivity contribution < 1.29 is 0 Å². The Kier molecular flexibility index (Phi) is 3.98. The first kappa shape index (κ1) is 16.0. The lowest BCUT2D eigenvalue weighted by atomic mass is 9.79. The van der Waals surface area contributed by atoms with Crippen molar-refractivity contribution in [3.05, 3.63) is 54.5 Å². The second kappa shape index (κ2) is 6.49. The van der Waals surface area contributed by atoms with E-state index in [0.717, 1.165) is 23.3 Å². The first-order chi connectivity index (χ1) is 12.8. The van der Waals surface area contributed by atoms with Crippen LogP contribution in [0.1, 0.15) is 24.8 Å². The Labute approximate surface area is 154 Å². The van der Waals surface area contributed by atoms with E-state index in [1.807, 2.05) is 23.0 Å². The average molecular weight is 347 g/mol. The maximum atomic E-state index is 4.73. The maximum absolute atomic E-state index is 4.73. The van der Waals surface area contributed by atoms with Gasteiger partial charge in [0.25, 0.3) is 0 Å². The van der Waals surface area contributed by atoms with Crippen LogP contribution in [-0.2, 0) is 6.54 Å². The standard InChI is InChI=1S/C21H25N5/c1-2-5-18(6-3-1)19-12-24-26-14-17(11-23-20(19)26)13-25-10-4-7-21(16-25)8-9-22-15-21/h1-3,5-6,11-12,14,22H,4,7-10,13,15-16H2/t21-/m0/s1. The summed E-state index contributed by atoms with van der Waals surface area (Å²) in [5.74, 6) is 0. The summed E-state index contributed by atoms with van der Waals surface area (Å²) in [5, 5.41) is 8.10. The van der Waals surface area contributed by atoms with Crippen LogP contribution in [0.25, 0.3) is 16.8 Å². The van der Waals surface area contributed by atoms with E-state index < -0.39 is 0 Å². The van der Waals surface area contributed by atoms with Crippen molar-refractivity contribution in [2.75, 3.05) is 26.2 Å². The van der Waals surface area contributed by atoms with Gasteiger partial charge in [-0.1, -0.05) is 30.3 Å². The Bertz CT molecular complexity index is 895. The lowest BCUT2D eigenvalue weighted by molar-refractivity contribution is 0.0976. The predicted octanol–water partition coefficient (Wildman–Crippen LogP) is 2.97. The largest absolute Gasteiger partial charge is 0.316 e. The molecule has 5 nitrogen and oxygen atoms in total. The zero-order chi connectivity index (χ0) is 17.4. The highest BCUT2D eigenvalue weighted by atomic mass is 15.2. The maximum Gasteiger partial charge on any atom is 0.162 e. The van der Waals surface area contributed by atoms with Crippen molar-refractivity contribution in [2.45, 2.75) is 25.8 Å². The number of benzene rings is 1. The van der Waals surface area contributed by atoms with Gasteiger partial charge in [0, 0.05) is 43.2 Å². The van der Waals surface area contributed by atoms with Gasteiger partial charge >= 0.3 is 0 Å². The van der Waals surface area contributed by atoms with Gasteiger partial charge in [0.1, 0.15) is 0 Å². The van der Waals surface area contributed by atoms with Crippen LogP contribution in [-0.4, -0.2) is 45.7 Å². The molecule has 0 unspecified atom stereocenters. The molecule has 2 aromatic heterocycles. The van der Waals surface area contributed by atoms with Gasteiger partial charge in [-0.2, -0.15) is 5.10 Å². The zero-order valence-corrected chi connectivity index (χ0v) is 15.1. The highest BCUT2D eigenvalue weighted by Gasteiger charge is 2.37. The third-order valence-corrected chi connectivity index (χ3v) is 5.97. The molecule has 4 heterocycles. The molecular formula is C21H25N5. The topological polar surface area (TPSA) is 45.5 Å². The quantitative estimate of drug-likeness (QED) is 0.791. The molecule has 0 aliphatic carbocycles. The van der Waals surface area contributed by atoms with E-state index in [1.165, 1.54) is 51.0 Å². The summed E-state index contributed by atoms with van der Waals surface area (Å²) in [6.45, 7) is 5.71. The third-order valence-electron chi connectivity index (χ3n) is 5.97. The van der Waals surface area contributed by atoms with Crippen LogP contribution in [0.3, 0.4) is 0 Å². The Hall–Kier alpha value is -2.24. The minimum Gasteiger partial charge on any atom is -0.316 e. The highest BCUT2D eigenvalue weighted by molar-refractivity contribution is 5.76. The van der Waals surface area contributed by atoms with E-state index in [2.05, 4.69) is 45.8 Å². The van der Waals surface area contributed by atoms with Gasteiger partial charge in [0.2, 0.25) is 0 Å². The van der Waals surface area contributed by atoms with Crippen LogP contribution in [0.4, 0.5) is 0 Å². The van der Waals surface area contributed by atoms with Crippen molar-refractivity contribution in [2.24, 2.45) is 5.41 Å². The number of nitrogens with zero attached hydrogens (tertiary/aromatic N) is 4. The molecule has 0 radical (unpaired) electrons. The first-order valence-corrected chi connectivity index (χ1v) is 9.62. The summed E-state index contributed by atoms with van der Waals surface area (Å²) >= 11 is 0. The van der Waals surface area contributed by atoms with Crippen molar-refractivity contribution in [3.63, 3.8) is 0 Å². The van der Waals surface area contributed by atoms with Gasteiger partial charge in [0.15, 0.2) is 5.65 Å². The highest BCUT2D eigenvalue weighted by Crippen LogP contribution is 2.36. The minimum atomic E-state index is 0.502. The molecule has 134 valence electrons. The Morgan fingerprint density at radius 1 is 1.12 bits per heavy atom. The van der Waals surface area contributed by atoms with Crippen LogP contribution in [0.5, 0.6) is 0 Å². The van der Waals surface area contributed by atoms with Crippen molar-refractivity contribution in [1.29, 1.82) is 0 Å². The molecule has 2 fully saturated rings. The number of hydrogen-bond donors (Lipinski definition) is 1. The molecule has 0 bridgehead atoms. The van der Waals surface area contributed by atoms with Crippen molar-refractivity contribution in [3.8, 4) is 11.1 Å². The molecule has 3 aromatic rings. The summed E-state index contributed by atoms with van der Waals surface area (Å²) in [6, 6.07) is 10.4. The molecule has 1 N–H and O–H groups in total. The Balaban J connectivity index is 1.37. The van der Waals surface area contributed by atoms with E-state index in [-0.39, 0.29) is 0 Å². The van der Waals surface area contributed by atoms with Crippen molar-refractivity contribution >= 4 is 5.65 Å². The molecular weight excluding hydrogens is 322 g/mol. The van der Waals surface area contributed by atoms with Gasteiger partial charge in [0.05, 0.1) is 6.20 Å². The van der Waals surface area contributed by atoms with E-state index in [9.17, 15) is 0 Å². The molecule has 5 heteroatoms. The number of nitrogens with one attached hydrogen (secondary N) is 1. The smallest absolute Gasteiger partial charge is 0.162 e. The molecule has 0 amide bonds. The number of aromatic nitrogens is 3. The number of rotatable bonds is 3. The summed E-state index contributed by atoms with van der Waals surface area (Å²) in [5.41, 5.74) is 4.92. The summed E-state index contributed by atoms with van der Waals surface area (Å²) in [7, 11) is 0. The number of likely N-dealkylation sites (tertiary alicyclic amines) is 1. The number of hydrogen-bond acceptors (Lipinski definition) is 4. The summed E-state index contributed by atoms with van der Waals surface area (Å²) in [6.07, 6.45) is 10.1. The fourth-order valence-corrected chi connectivity index (χ4v) is 4.66. The van der Waals surface area contributed by atoms with Gasteiger partial charge in [-0.25, -0.2) is 9.50 Å². The van der Waals surface area contributed by atoms with Gasteiger partial charge in [-0.15, -0.1) is 0 Å². The van der Waals surface area contributed by atoms with Crippen LogP contribution in [0.15, 0.2) is 48.9 Å². The van der Waals surface area contributed by atoms with Gasteiger partial charge in [-0.05, 0) is 43.3 Å². The third kappa shape index (κ3) is 2.91. The second-order valence-electron chi connectivity index (χ2n) is 7.90. The zero-order valence-electron chi connectivity index (χ0n) is 15.1. The normalized spacial score (nSPS) is 23.8. The number of piperidine rings is 1. The SMILES string of the molecule is c1ccc(-c2cnn3cc(CN4CCC[C@@]5(CCNC5)C4)cnc23)cc1. The molecule has 2 aliphatic heterocycles. The Morgan fingerprint density at radius 3 is 2.88 bits per heavy atom. The van der Waals surface area contributed by atoms with E-state index in [1.54, 1.807) is 0 Å². The van der Waals surface area contributed by atoms with Crippen LogP contribution < -0.4 is 5.32 Å². The second-order valence-corrected chi connectivity index (χ2v) is 7.90. The monoisotopic (exact) mass is 347 g/mol. The lowest BCUT2D eigenvalue weighted by Gasteiger charge is -2.40. The van der Waals surface area contributed by atoms with Crippen LogP contribution in [0.2, 0.25) is 0 Å². The van der Waals surface area contributed by atoms with Crippen LogP contribution >= 0.6 is 0 Å². The summed E-state index contributed by atoms with van der Waals surface area (Å²) in [4.78, 5) is 7.33. The molecule has 1 aromatic carbocycles. The molecule has 0 saturated carbocycles. The average Bonchev–Trinajstić information content (AvgIpc) is 3.29. The number of fused-ring (bicyclic) bond motifs is 1. The van der Waals surface area contributed by atoms with Crippen molar-refractivity contribution in [1.82, 2.24) is 24.8 Å². The molecule has 1 spiro atoms. The van der Waals surface area contributed by atoms with Gasteiger partial charge in [-0.3, -0.25) is 4.90 Å². The molecule has 1 atom stereocenters. The lowest BCUT2D eigenvalue weighted by Crippen LogP contribution is -2.44.